The number of rotatable bonds is 4. The Hall–Kier alpha value is -2.25. The molecular formula is C15H13ClN2O2. The third-order valence-electron chi connectivity index (χ3n) is 2.65. The van der Waals surface area contributed by atoms with Crippen LogP contribution in [0.3, 0.4) is 0 Å². The first-order valence-corrected chi connectivity index (χ1v) is 6.34. The lowest BCUT2D eigenvalue weighted by Gasteiger charge is -2.09. The van der Waals surface area contributed by atoms with Crippen molar-refractivity contribution < 1.29 is 9.47 Å². The molecule has 2 aromatic rings. The molecule has 0 atom stereocenters. The van der Waals surface area contributed by atoms with E-state index in [0.29, 0.717) is 16.3 Å². The molecule has 0 aliphatic carbocycles. The fourth-order valence-electron chi connectivity index (χ4n) is 1.73. The second kappa shape index (κ2) is 6.27. The fraction of sp³-hybridized carbons (Fsp3) is 0.200. The first-order chi connectivity index (χ1) is 9.62. The van der Waals surface area contributed by atoms with Crippen molar-refractivity contribution in [2.75, 3.05) is 7.11 Å². The van der Waals surface area contributed by atoms with Crippen molar-refractivity contribution in [1.82, 2.24) is 4.98 Å². The van der Waals surface area contributed by atoms with E-state index in [9.17, 15) is 0 Å². The van der Waals surface area contributed by atoms with E-state index in [1.54, 1.807) is 25.3 Å². The van der Waals surface area contributed by atoms with Gasteiger partial charge in [0.25, 0.3) is 0 Å². The SMILES string of the molecule is COc1cc(C)nc(COc2ccc(C#N)cc2Cl)c1. The van der Waals surface area contributed by atoms with Crippen LogP contribution >= 0.6 is 11.6 Å². The van der Waals surface area contributed by atoms with E-state index in [1.165, 1.54) is 0 Å². The molecular weight excluding hydrogens is 276 g/mol. The number of benzene rings is 1. The lowest BCUT2D eigenvalue weighted by molar-refractivity contribution is 0.300. The van der Waals surface area contributed by atoms with Crippen LogP contribution in [0.2, 0.25) is 5.02 Å². The van der Waals surface area contributed by atoms with Crippen LogP contribution in [0.15, 0.2) is 30.3 Å². The number of hydrogen-bond donors (Lipinski definition) is 0. The van der Waals surface area contributed by atoms with Crippen LogP contribution in [0.5, 0.6) is 11.5 Å². The van der Waals surface area contributed by atoms with Gasteiger partial charge in [-0.25, -0.2) is 0 Å². The standard InChI is InChI=1S/C15H13ClN2O2/c1-10-5-13(19-2)7-12(18-10)9-20-15-4-3-11(8-17)6-14(15)16/h3-7H,9H2,1-2H3. The average molecular weight is 289 g/mol. The summed E-state index contributed by atoms with van der Waals surface area (Å²) in [7, 11) is 1.61. The first-order valence-electron chi connectivity index (χ1n) is 5.96. The van der Waals surface area contributed by atoms with Crippen molar-refractivity contribution in [3.05, 3.63) is 52.3 Å². The van der Waals surface area contributed by atoms with E-state index < -0.39 is 0 Å². The van der Waals surface area contributed by atoms with Gasteiger partial charge in [0.1, 0.15) is 18.1 Å². The van der Waals surface area contributed by atoms with Crippen molar-refractivity contribution in [3.63, 3.8) is 0 Å². The Kier molecular flexibility index (Phi) is 4.44. The molecule has 0 saturated heterocycles. The van der Waals surface area contributed by atoms with Gasteiger partial charge >= 0.3 is 0 Å². The molecule has 0 saturated carbocycles. The smallest absolute Gasteiger partial charge is 0.138 e. The summed E-state index contributed by atoms with van der Waals surface area (Å²) < 4.78 is 10.8. The van der Waals surface area contributed by atoms with E-state index in [-0.39, 0.29) is 6.61 Å². The van der Waals surface area contributed by atoms with Crippen LogP contribution in [0.4, 0.5) is 0 Å². The van der Waals surface area contributed by atoms with Crippen LogP contribution in [-0.2, 0) is 6.61 Å². The molecule has 2 rings (SSSR count). The molecule has 0 bridgehead atoms. The zero-order valence-electron chi connectivity index (χ0n) is 11.2. The minimum atomic E-state index is 0.281. The highest BCUT2D eigenvalue weighted by atomic mass is 35.5. The summed E-state index contributed by atoms with van der Waals surface area (Å²) in [6.45, 7) is 2.17. The number of halogens is 1. The van der Waals surface area contributed by atoms with Gasteiger partial charge in [0.15, 0.2) is 0 Å². The molecule has 0 aliphatic rings. The maximum atomic E-state index is 8.78. The zero-order valence-corrected chi connectivity index (χ0v) is 11.9. The summed E-state index contributed by atoms with van der Waals surface area (Å²) in [6.07, 6.45) is 0. The lowest BCUT2D eigenvalue weighted by Crippen LogP contribution is -2.01. The van der Waals surface area contributed by atoms with Crippen LogP contribution in [-0.4, -0.2) is 12.1 Å². The number of aryl methyl sites for hydroxylation is 1. The van der Waals surface area contributed by atoms with E-state index in [0.717, 1.165) is 17.1 Å². The predicted molar refractivity (Wildman–Crippen MR) is 76.0 cm³/mol. The molecule has 0 spiro atoms. The molecule has 0 fully saturated rings. The summed E-state index contributed by atoms with van der Waals surface area (Å²) in [6, 6.07) is 10.6. The van der Waals surface area contributed by atoms with Gasteiger partial charge in [-0.2, -0.15) is 5.26 Å². The zero-order chi connectivity index (χ0) is 14.5. The fourth-order valence-corrected chi connectivity index (χ4v) is 1.97. The van der Waals surface area contributed by atoms with Gasteiger partial charge < -0.3 is 9.47 Å². The van der Waals surface area contributed by atoms with Crippen molar-refractivity contribution >= 4 is 11.6 Å². The van der Waals surface area contributed by atoms with Crippen molar-refractivity contribution in [3.8, 4) is 17.6 Å². The second-order valence-corrected chi connectivity index (χ2v) is 4.59. The van der Waals surface area contributed by atoms with Gasteiger partial charge in [-0.3, -0.25) is 4.98 Å². The minimum absolute atomic E-state index is 0.281. The minimum Gasteiger partial charge on any atom is -0.497 e. The molecule has 4 nitrogen and oxygen atoms in total. The Morgan fingerprint density at radius 3 is 2.75 bits per heavy atom. The highest BCUT2D eigenvalue weighted by molar-refractivity contribution is 6.32. The van der Waals surface area contributed by atoms with Gasteiger partial charge in [-0.15, -0.1) is 0 Å². The molecule has 0 unspecified atom stereocenters. The third kappa shape index (κ3) is 3.40. The Morgan fingerprint density at radius 2 is 2.10 bits per heavy atom. The van der Waals surface area contributed by atoms with Crippen LogP contribution < -0.4 is 9.47 Å². The normalized spacial score (nSPS) is 9.90. The Balaban J connectivity index is 2.13. The van der Waals surface area contributed by atoms with Crippen molar-refractivity contribution in [2.45, 2.75) is 13.5 Å². The van der Waals surface area contributed by atoms with Crippen LogP contribution in [0, 0.1) is 18.3 Å². The Bertz CT molecular complexity index is 665. The summed E-state index contributed by atoms with van der Waals surface area (Å²) in [5.41, 5.74) is 2.11. The molecule has 20 heavy (non-hydrogen) atoms. The summed E-state index contributed by atoms with van der Waals surface area (Å²) in [5.74, 6) is 1.26. The van der Waals surface area contributed by atoms with Crippen LogP contribution in [0.1, 0.15) is 17.0 Å². The number of nitriles is 1. The maximum absolute atomic E-state index is 8.78. The quantitative estimate of drug-likeness (QED) is 0.864. The summed E-state index contributed by atoms with van der Waals surface area (Å²) in [5, 5.41) is 9.18. The average Bonchev–Trinajstić information content (AvgIpc) is 2.45. The second-order valence-electron chi connectivity index (χ2n) is 4.19. The molecule has 102 valence electrons. The van der Waals surface area contributed by atoms with Crippen molar-refractivity contribution in [1.29, 1.82) is 5.26 Å². The first kappa shape index (κ1) is 14.2. The number of pyridine rings is 1. The van der Waals surface area contributed by atoms with E-state index in [1.807, 2.05) is 25.1 Å². The van der Waals surface area contributed by atoms with E-state index >= 15 is 0 Å². The molecule has 0 amide bonds. The molecule has 0 N–H and O–H groups in total. The summed E-state index contributed by atoms with van der Waals surface area (Å²) >= 11 is 6.04. The predicted octanol–water partition coefficient (Wildman–Crippen LogP) is 3.50. The highest BCUT2D eigenvalue weighted by Gasteiger charge is 2.06. The molecule has 0 aliphatic heterocycles. The van der Waals surface area contributed by atoms with Gasteiger partial charge in [0.2, 0.25) is 0 Å². The third-order valence-corrected chi connectivity index (χ3v) is 2.95. The van der Waals surface area contributed by atoms with Gasteiger partial charge in [-0.1, -0.05) is 11.6 Å². The van der Waals surface area contributed by atoms with Gasteiger partial charge in [0.05, 0.1) is 29.5 Å². The van der Waals surface area contributed by atoms with E-state index in [4.69, 9.17) is 26.3 Å². The largest absolute Gasteiger partial charge is 0.497 e. The van der Waals surface area contributed by atoms with Gasteiger partial charge in [0, 0.05) is 17.8 Å². The number of hydrogen-bond acceptors (Lipinski definition) is 4. The Labute approximate surface area is 122 Å². The molecule has 0 radical (unpaired) electrons. The maximum Gasteiger partial charge on any atom is 0.138 e. The monoisotopic (exact) mass is 288 g/mol. The van der Waals surface area contributed by atoms with Gasteiger partial charge in [-0.05, 0) is 25.1 Å². The summed E-state index contributed by atoms with van der Waals surface area (Å²) in [4.78, 5) is 4.36. The molecule has 1 aromatic heterocycles. The molecule has 1 heterocycles. The number of ether oxygens (including phenoxy) is 2. The number of aromatic nitrogens is 1. The van der Waals surface area contributed by atoms with Crippen LogP contribution in [0.25, 0.3) is 0 Å². The number of methoxy groups -OCH3 is 1. The molecule has 5 heteroatoms. The molecule has 1 aromatic carbocycles. The Morgan fingerprint density at radius 1 is 1.30 bits per heavy atom. The topological polar surface area (TPSA) is 55.1 Å². The van der Waals surface area contributed by atoms with Crippen molar-refractivity contribution in [2.24, 2.45) is 0 Å². The number of nitrogens with zero attached hydrogens (tertiary/aromatic N) is 2. The highest BCUT2D eigenvalue weighted by Crippen LogP contribution is 2.26. The van der Waals surface area contributed by atoms with E-state index in [2.05, 4.69) is 4.98 Å². The lowest BCUT2D eigenvalue weighted by atomic mass is 10.2.